The molecule has 0 aliphatic rings. The summed E-state index contributed by atoms with van der Waals surface area (Å²) in [6.07, 6.45) is 0. The molecule has 0 saturated carbocycles. The lowest BCUT2D eigenvalue weighted by molar-refractivity contribution is -0.140. The number of hydrogen-bond donors (Lipinski definition) is 1. The zero-order valence-corrected chi connectivity index (χ0v) is 18.9. The van der Waals surface area contributed by atoms with Crippen LogP contribution in [0.4, 0.5) is 0 Å². The molecule has 3 aromatic carbocycles. The van der Waals surface area contributed by atoms with Crippen molar-refractivity contribution in [3.63, 3.8) is 0 Å². The zero-order valence-electron chi connectivity index (χ0n) is 18.9. The van der Waals surface area contributed by atoms with Gasteiger partial charge >= 0.3 is 5.97 Å². The highest BCUT2D eigenvalue weighted by molar-refractivity contribution is 6.11. The van der Waals surface area contributed by atoms with Crippen LogP contribution in [0.15, 0.2) is 60.7 Å². The minimum absolute atomic E-state index is 0.0540. The van der Waals surface area contributed by atoms with Gasteiger partial charge in [0.25, 0.3) is 0 Å². The van der Waals surface area contributed by atoms with Gasteiger partial charge in [-0.25, -0.2) is 4.79 Å². The van der Waals surface area contributed by atoms with Crippen LogP contribution >= 0.6 is 0 Å². The molecule has 0 saturated heterocycles. The molecule has 0 amide bonds. The van der Waals surface area contributed by atoms with Gasteiger partial charge in [-0.15, -0.1) is 0 Å². The van der Waals surface area contributed by atoms with Crippen LogP contribution in [0.1, 0.15) is 6.92 Å². The first-order valence-electron chi connectivity index (χ1n) is 10.9. The van der Waals surface area contributed by atoms with Crippen LogP contribution in [-0.2, 0) is 19.0 Å². The molecule has 0 spiro atoms. The number of aliphatic hydroxyl groups is 1. The monoisotopic (exact) mass is 454 g/mol. The first kappa shape index (κ1) is 24.5. The van der Waals surface area contributed by atoms with Gasteiger partial charge in [0.1, 0.15) is 31.3 Å². The van der Waals surface area contributed by atoms with Crippen LogP contribution in [0.25, 0.3) is 21.5 Å². The standard InChI is InChI=1S/C26H30O7/c1-19(2)26(28)33-18-16-30-14-13-29-15-17-32-25-22-9-5-3-7-20(22)24(31-12-11-27)21-8-4-6-10-23(21)25/h3-10,27H,1,11-18H2,2H3. The summed E-state index contributed by atoms with van der Waals surface area (Å²) >= 11 is 0. The summed E-state index contributed by atoms with van der Waals surface area (Å²) < 4.78 is 28.0. The molecule has 0 heterocycles. The Morgan fingerprint density at radius 3 is 1.61 bits per heavy atom. The lowest BCUT2D eigenvalue weighted by atomic mass is 10.0. The number of esters is 1. The largest absolute Gasteiger partial charge is 0.490 e. The van der Waals surface area contributed by atoms with Gasteiger partial charge in [-0.3, -0.25) is 0 Å². The van der Waals surface area contributed by atoms with Crippen LogP contribution in [0.2, 0.25) is 0 Å². The molecule has 0 fully saturated rings. The maximum Gasteiger partial charge on any atom is 0.333 e. The predicted octanol–water partition coefficient (Wildman–Crippen LogP) is 3.90. The summed E-state index contributed by atoms with van der Waals surface area (Å²) in [5.41, 5.74) is 0.367. The van der Waals surface area contributed by atoms with E-state index < -0.39 is 5.97 Å². The van der Waals surface area contributed by atoms with E-state index in [1.807, 2.05) is 48.5 Å². The van der Waals surface area contributed by atoms with E-state index >= 15 is 0 Å². The van der Waals surface area contributed by atoms with Crippen LogP contribution in [0, 0.1) is 0 Å². The van der Waals surface area contributed by atoms with E-state index in [1.54, 1.807) is 6.92 Å². The molecule has 3 aromatic rings. The van der Waals surface area contributed by atoms with Crippen molar-refractivity contribution in [2.75, 3.05) is 52.9 Å². The van der Waals surface area contributed by atoms with E-state index in [1.165, 1.54) is 0 Å². The van der Waals surface area contributed by atoms with Gasteiger partial charge in [0, 0.05) is 27.1 Å². The second-order valence-corrected chi connectivity index (χ2v) is 7.31. The smallest absolute Gasteiger partial charge is 0.333 e. The number of hydrogen-bond acceptors (Lipinski definition) is 7. The van der Waals surface area contributed by atoms with Gasteiger partial charge in [-0.2, -0.15) is 0 Å². The lowest BCUT2D eigenvalue weighted by Gasteiger charge is -2.17. The number of carbonyl (C=O) groups excluding carboxylic acids is 1. The SMILES string of the molecule is C=C(C)C(=O)OCCOCCOCCOc1c2ccccc2c(OCCO)c2ccccc12. The molecule has 176 valence electrons. The van der Waals surface area contributed by atoms with Gasteiger partial charge in [0.05, 0.1) is 33.0 Å². The van der Waals surface area contributed by atoms with E-state index in [0.29, 0.717) is 38.6 Å². The molecule has 0 unspecified atom stereocenters. The summed E-state index contributed by atoms with van der Waals surface area (Å²) in [5, 5.41) is 13.0. The van der Waals surface area contributed by atoms with Crippen molar-refractivity contribution in [3.05, 3.63) is 60.7 Å². The summed E-state index contributed by atoms with van der Waals surface area (Å²) in [7, 11) is 0. The Morgan fingerprint density at radius 2 is 1.15 bits per heavy atom. The molecule has 7 heteroatoms. The molecule has 0 bridgehead atoms. The molecular weight excluding hydrogens is 424 g/mol. The molecular formula is C26H30O7. The number of rotatable bonds is 14. The van der Waals surface area contributed by atoms with Gasteiger partial charge in [-0.1, -0.05) is 55.1 Å². The fourth-order valence-electron chi connectivity index (χ4n) is 3.35. The van der Waals surface area contributed by atoms with Gasteiger partial charge < -0.3 is 28.8 Å². The maximum absolute atomic E-state index is 11.3. The Hall–Kier alpha value is -3.13. The third kappa shape index (κ3) is 6.68. The van der Waals surface area contributed by atoms with Crippen molar-refractivity contribution in [2.45, 2.75) is 6.92 Å². The van der Waals surface area contributed by atoms with Crippen molar-refractivity contribution in [3.8, 4) is 11.5 Å². The van der Waals surface area contributed by atoms with Crippen molar-refractivity contribution < 1.29 is 33.6 Å². The van der Waals surface area contributed by atoms with Crippen LogP contribution in [0.3, 0.4) is 0 Å². The number of carbonyl (C=O) groups is 1. The van der Waals surface area contributed by atoms with E-state index in [-0.39, 0.29) is 19.8 Å². The number of benzene rings is 3. The summed E-state index contributed by atoms with van der Waals surface area (Å²) in [4.78, 5) is 11.3. The topological polar surface area (TPSA) is 83.5 Å². The van der Waals surface area contributed by atoms with E-state index in [4.69, 9.17) is 23.7 Å². The maximum atomic E-state index is 11.3. The van der Waals surface area contributed by atoms with Crippen molar-refractivity contribution in [1.82, 2.24) is 0 Å². The van der Waals surface area contributed by atoms with Gasteiger partial charge in [0.15, 0.2) is 0 Å². The summed E-state index contributed by atoms with van der Waals surface area (Å²) in [6, 6.07) is 15.8. The second-order valence-electron chi connectivity index (χ2n) is 7.31. The molecule has 0 aliphatic heterocycles. The fourth-order valence-corrected chi connectivity index (χ4v) is 3.35. The predicted molar refractivity (Wildman–Crippen MR) is 127 cm³/mol. The first-order valence-corrected chi connectivity index (χ1v) is 10.9. The van der Waals surface area contributed by atoms with Crippen LogP contribution in [-0.4, -0.2) is 63.9 Å². The third-order valence-electron chi connectivity index (χ3n) is 4.83. The minimum Gasteiger partial charge on any atom is -0.490 e. The lowest BCUT2D eigenvalue weighted by Crippen LogP contribution is -2.14. The highest BCUT2D eigenvalue weighted by Gasteiger charge is 2.15. The van der Waals surface area contributed by atoms with E-state index in [2.05, 4.69) is 6.58 Å². The minimum atomic E-state index is -0.417. The van der Waals surface area contributed by atoms with Crippen LogP contribution in [0.5, 0.6) is 11.5 Å². The number of fused-ring (bicyclic) bond motifs is 2. The van der Waals surface area contributed by atoms with Crippen molar-refractivity contribution in [2.24, 2.45) is 0 Å². The number of ether oxygens (including phenoxy) is 5. The average molecular weight is 455 g/mol. The normalized spacial score (nSPS) is 11.0. The van der Waals surface area contributed by atoms with Gasteiger partial charge in [0.2, 0.25) is 0 Å². The summed E-state index contributed by atoms with van der Waals surface area (Å²) in [5.74, 6) is 1.10. The van der Waals surface area contributed by atoms with Gasteiger partial charge in [-0.05, 0) is 6.92 Å². The number of aliphatic hydroxyl groups excluding tert-OH is 1. The highest BCUT2D eigenvalue weighted by atomic mass is 16.6. The van der Waals surface area contributed by atoms with Crippen molar-refractivity contribution >= 4 is 27.5 Å². The van der Waals surface area contributed by atoms with Crippen LogP contribution < -0.4 is 9.47 Å². The molecule has 0 aliphatic carbocycles. The molecule has 1 N–H and O–H groups in total. The Balaban J connectivity index is 1.53. The zero-order chi connectivity index (χ0) is 23.5. The molecule has 33 heavy (non-hydrogen) atoms. The molecule has 0 atom stereocenters. The average Bonchev–Trinajstić information content (AvgIpc) is 2.83. The Labute approximate surface area is 193 Å². The van der Waals surface area contributed by atoms with Crippen molar-refractivity contribution in [1.29, 1.82) is 0 Å². The quantitative estimate of drug-likeness (QED) is 0.171. The van der Waals surface area contributed by atoms with E-state index in [0.717, 1.165) is 33.0 Å². The highest BCUT2D eigenvalue weighted by Crippen LogP contribution is 2.42. The third-order valence-corrected chi connectivity index (χ3v) is 4.83. The first-order chi connectivity index (χ1) is 16.1. The Bertz CT molecular complexity index is 1020. The Morgan fingerprint density at radius 1 is 0.727 bits per heavy atom. The Kier molecular flexibility index (Phi) is 9.50. The molecule has 0 aromatic heterocycles. The summed E-state index contributed by atoms with van der Waals surface area (Å²) in [6.45, 7) is 7.37. The molecule has 0 radical (unpaired) electrons. The fraction of sp³-hybridized carbons (Fsp3) is 0.346. The molecule has 7 nitrogen and oxygen atoms in total. The van der Waals surface area contributed by atoms with E-state index in [9.17, 15) is 9.90 Å². The molecule has 3 rings (SSSR count). The second kappa shape index (κ2) is 12.8.